The molecule has 1 aromatic carbocycles. The summed E-state index contributed by atoms with van der Waals surface area (Å²) in [7, 11) is 0. The van der Waals surface area contributed by atoms with Gasteiger partial charge in [0.15, 0.2) is 0 Å². The fraction of sp³-hybridized carbons (Fsp3) is 0. The molecule has 6 heteroatoms. The highest BCUT2D eigenvalue weighted by molar-refractivity contribution is 9.10. The lowest BCUT2D eigenvalue weighted by atomic mass is 10.3. The maximum absolute atomic E-state index is 11.3. The zero-order chi connectivity index (χ0) is 10.1. The maximum Gasteiger partial charge on any atom is 0.347 e. The Morgan fingerprint density at radius 2 is 2.29 bits per heavy atom. The van der Waals surface area contributed by atoms with E-state index in [0.29, 0.717) is 15.2 Å². The summed E-state index contributed by atoms with van der Waals surface area (Å²) in [6.45, 7) is 0. The number of nitrogens with zero attached hydrogens (tertiary/aromatic N) is 2. The van der Waals surface area contributed by atoms with Gasteiger partial charge in [0, 0.05) is 0 Å². The third-order valence-corrected chi connectivity index (χ3v) is 3.12. The topological polar surface area (TPSA) is 50.7 Å². The standard InChI is InChI=1S/C8H5BrClN3O/c9-7-5(10)2-1-3-6(7)13-4-11-12-8(13)14/h1-4H,(H,12,14). The van der Waals surface area contributed by atoms with Crippen LogP contribution >= 0.6 is 27.5 Å². The van der Waals surface area contributed by atoms with E-state index >= 15 is 0 Å². The van der Waals surface area contributed by atoms with Crippen LogP contribution in [0.5, 0.6) is 0 Å². The first kappa shape index (κ1) is 9.48. The summed E-state index contributed by atoms with van der Waals surface area (Å²) in [6, 6.07) is 5.27. The molecule has 14 heavy (non-hydrogen) atoms. The number of hydrogen-bond donors (Lipinski definition) is 1. The lowest BCUT2D eigenvalue weighted by molar-refractivity contribution is 0.978. The lowest BCUT2D eigenvalue weighted by Crippen LogP contribution is -2.14. The quantitative estimate of drug-likeness (QED) is 0.864. The molecule has 0 aliphatic rings. The molecule has 0 aliphatic carbocycles. The molecule has 0 atom stereocenters. The third-order valence-electron chi connectivity index (χ3n) is 1.74. The minimum absolute atomic E-state index is 0.298. The average Bonchev–Trinajstić information content (AvgIpc) is 2.57. The van der Waals surface area contributed by atoms with Gasteiger partial charge in [-0.2, -0.15) is 5.10 Å². The van der Waals surface area contributed by atoms with Crippen LogP contribution in [0.4, 0.5) is 0 Å². The van der Waals surface area contributed by atoms with Crippen LogP contribution in [0.25, 0.3) is 5.69 Å². The molecular weight excluding hydrogens is 269 g/mol. The number of hydrogen-bond acceptors (Lipinski definition) is 2. The average molecular weight is 275 g/mol. The van der Waals surface area contributed by atoms with E-state index in [1.807, 2.05) is 0 Å². The van der Waals surface area contributed by atoms with E-state index < -0.39 is 0 Å². The minimum Gasteiger partial charge on any atom is -0.249 e. The number of nitrogens with one attached hydrogen (secondary N) is 1. The Morgan fingerprint density at radius 3 is 2.93 bits per heavy atom. The largest absolute Gasteiger partial charge is 0.347 e. The predicted molar refractivity (Wildman–Crippen MR) is 56.9 cm³/mol. The van der Waals surface area contributed by atoms with Crippen molar-refractivity contribution in [2.75, 3.05) is 0 Å². The molecule has 0 radical (unpaired) electrons. The van der Waals surface area contributed by atoms with Crippen molar-refractivity contribution in [3.63, 3.8) is 0 Å². The number of benzene rings is 1. The van der Waals surface area contributed by atoms with Gasteiger partial charge in [-0.05, 0) is 28.1 Å². The van der Waals surface area contributed by atoms with Gasteiger partial charge in [-0.15, -0.1) is 0 Å². The van der Waals surface area contributed by atoms with E-state index in [-0.39, 0.29) is 5.69 Å². The second-order valence-corrected chi connectivity index (χ2v) is 3.80. The smallest absolute Gasteiger partial charge is 0.249 e. The Balaban J connectivity index is 2.69. The number of rotatable bonds is 1. The Morgan fingerprint density at radius 1 is 1.50 bits per heavy atom. The molecule has 0 fully saturated rings. The molecule has 0 saturated carbocycles. The van der Waals surface area contributed by atoms with Crippen molar-refractivity contribution in [1.82, 2.24) is 14.8 Å². The van der Waals surface area contributed by atoms with Crippen LogP contribution in [0, 0.1) is 0 Å². The highest BCUT2D eigenvalue weighted by Gasteiger charge is 2.07. The molecule has 0 spiro atoms. The SMILES string of the molecule is O=c1[nH]ncn1-c1cccc(Cl)c1Br. The normalized spacial score (nSPS) is 10.4. The lowest BCUT2D eigenvalue weighted by Gasteiger charge is -2.04. The fourth-order valence-corrected chi connectivity index (χ4v) is 1.72. The van der Waals surface area contributed by atoms with Crippen molar-refractivity contribution < 1.29 is 0 Å². The number of aromatic amines is 1. The first-order valence-corrected chi connectivity index (χ1v) is 4.93. The van der Waals surface area contributed by atoms with Gasteiger partial charge in [-0.25, -0.2) is 14.5 Å². The summed E-state index contributed by atoms with van der Waals surface area (Å²) in [5.41, 5.74) is 0.365. The van der Waals surface area contributed by atoms with Gasteiger partial charge >= 0.3 is 5.69 Å². The molecule has 1 aromatic heterocycles. The molecule has 0 aliphatic heterocycles. The monoisotopic (exact) mass is 273 g/mol. The van der Waals surface area contributed by atoms with Crippen LogP contribution in [0.15, 0.2) is 33.8 Å². The van der Waals surface area contributed by atoms with Crippen molar-refractivity contribution in [2.45, 2.75) is 0 Å². The van der Waals surface area contributed by atoms with Crippen LogP contribution in [-0.4, -0.2) is 14.8 Å². The maximum atomic E-state index is 11.3. The Bertz CT molecular complexity index is 519. The number of halogens is 2. The van der Waals surface area contributed by atoms with Gasteiger partial charge < -0.3 is 0 Å². The summed E-state index contributed by atoms with van der Waals surface area (Å²) in [6.07, 6.45) is 1.40. The zero-order valence-electron chi connectivity index (χ0n) is 6.87. The third kappa shape index (κ3) is 1.49. The summed E-state index contributed by atoms with van der Waals surface area (Å²) >= 11 is 9.19. The highest BCUT2D eigenvalue weighted by atomic mass is 79.9. The molecule has 4 nitrogen and oxygen atoms in total. The molecule has 2 aromatic rings. The van der Waals surface area contributed by atoms with Crippen molar-refractivity contribution in [3.8, 4) is 5.69 Å². The minimum atomic E-state index is -0.298. The van der Waals surface area contributed by atoms with Gasteiger partial charge in [0.2, 0.25) is 0 Å². The zero-order valence-corrected chi connectivity index (χ0v) is 9.21. The van der Waals surface area contributed by atoms with Gasteiger partial charge in [0.1, 0.15) is 6.33 Å². The van der Waals surface area contributed by atoms with Gasteiger partial charge in [0.05, 0.1) is 15.2 Å². The summed E-state index contributed by atoms with van der Waals surface area (Å²) < 4.78 is 2.04. The summed E-state index contributed by atoms with van der Waals surface area (Å²) in [5, 5.41) is 6.49. The van der Waals surface area contributed by atoms with Crippen molar-refractivity contribution in [1.29, 1.82) is 0 Å². The predicted octanol–water partition coefficient (Wildman–Crippen LogP) is 1.98. The van der Waals surface area contributed by atoms with Crippen LogP contribution in [0.2, 0.25) is 5.02 Å². The molecule has 72 valence electrons. The van der Waals surface area contributed by atoms with Crippen molar-refractivity contribution >= 4 is 27.5 Å². The molecular formula is C8H5BrClN3O. The van der Waals surface area contributed by atoms with Crippen molar-refractivity contribution in [2.24, 2.45) is 0 Å². The van der Waals surface area contributed by atoms with E-state index in [2.05, 4.69) is 26.1 Å². The molecule has 0 bridgehead atoms. The first-order valence-electron chi connectivity index (χ1n) is 3.76. The van der Waals surface area contributed by atoms with E-state index in [0.717, 1.165) is 0 Å². The highest BCUT2D eigenvalue weighted by Crippen LogP contribution is 2.27. The summed E-state index contributed by atoms with van der Waals surface area (Å²) in [5.74, 6) is 0. The van der Waals surface area contributed by atoms with Crippen LogP contribution in [0.1, 0.15) is 0 Å². The molecule has 0 amide bonds. The molecule has 2 rings (SSSR count). The Hall–Kier alpha value is -1.07. The Kier molecular flexibility index (Phi) is 2.43. The number of H-pyrrole nitrogens is 1. The van der Waals surface area contributed by atoms with Crippen LogP contribution in [0.3, 0.4) is 0 Å². The van der Waals surface area contributed by atoms with E-state index in [1.165, 1.54) is 10.9 Å². The molecule has 0 unspecified atom stereocenters. The second-order valence-electron chi connectivity index (χ2n) is 2.60. The van der Waals surface area contributed by atoms with Gasteiger partial charge in [0.25, 0.3) is 0 Å². The summed E-state index contributed by atoms with van der Waals surface area (Å²) in [4.78, 5) is 11.3. The van der Waals surface area contributed by atoms with E-state index in [9.17, 15) is 4.79 Å². The van der Waals surface area contributed by atoms with Crippen molar-refractivity contribution in [3.05, 3.63) is 44.5 Å². The first-order chi connectivity index (χ1) is 6.70. The van der Waals surface area contributed by atoms with E-state index in [4.69, 9.17) is 11.6 Å². The fourth-order valence-electron chi connectivity index (χ4n) is 1.10. The van der Waals surface area contributed by atoms with Crippen LogP contribution < -0.4 is 5.69 Å². The van der Waals surface area contributed by atoms with Gasteiger partial charge in [-0.3, -0.25) is 0 Å². The molecule has 1 heterocycles. The molecule has 0 saturated heterocycles. The van der Waals surface area contributed by atoms with Gasteiger partial charge in [-0.1, -0.05) is 17.7 Å². The number of aromatic nitrogens is 3. The van der Waals surface area contributed by atoms with Crippen LogP contribution in [-0.2, 0) is 0 Å². The van der Waals surface area contributed by atoms with E-state index in [1.54, 1.807) is 18.2 Å². The second kappa shape index (κ2) is 3.59. The molecule has 1 N–H and O–H groups in total. The Labute approximate surface area is 92.6 Å².